The Balaban J connectivity index is 1.32. The molecule has 0 bridgehead atoms. The second-order valence-electron chi connectivity index (χ2n) is 12.3. The first-order chi connectivity index (χ1) is 15.4. The van der Waals surface area contributed by atoms with Crippen molar-refractivity contribution in [3.63, 3.8) is 0 Å². The highest BCUT2D eigenvalue weighted by atomic mass is 19.4. The molecule has 0 amide bonds. The molecule has 4 aliphatic rings. The molecule has 4 saturated carbocycles. The SMILES string of the molecule is C[C@@H]1C[C@H](C(=O)Cn2cc(C(F)(F)F)cn2)[C@@]2(C)CC[C@H]3C(CC[C@@H]4C[C@](C)(O)CC[C@@H]43)[C@H]12. The van der Waals surface area contributed by atoms with Crippen LogP contribution >= 0.6 is 0 Å². The van der Waals surface area contributed by atoms with Gasteiger partial charge in [0.15, 0.2) is 5.78 Å². The molecule has 33 heavy (non-hydrogen) atoms. The van der Waals surface area contributed by atoms with E-state index in [-0.39, 0.29) is 23.7 Å². The molecule has 7 heteroatoms. The van der Waals surface area contributed by atoms with E-state index in [1.807, 2.05) is 6.92 Å². The number of aliphatic hydroxyl groups is 1. The molecule has 0 radical (unpaired) electrons. The van der Waals surface area contributed by atoms with Crippen molar-refractivity contribution >= 4 is 5.78 Å². The van der Waals surface area contributed by atoms with Crippen molar-refractivity contribution in [2.75, 3.05) is 0 Å². The molecule has 1 aromatic heterocycles. The number of alkyl halides is 3. The summed E-state index contributed by atoms with van der Waals surface area (Å²) < 4.78 is 40.0. The van der Waals surface area contributed by atoms with Gasteiger partial charge in [0, 0.05) is 12.1 Å². The summed E-state index contributed by atoms with van der Waals surface area (Å²) in [6.07, 6.45) is 5.58. The fourth-order valence-electron chi connectivity index (χ4n) is 8.99. The van der Waals surface area contributed by atoms with E-state index in [4.69, 9.17) is 0 Å². The quantitative estimate of drug-likeness (QED) is 0.618. The lowest BCUT2D eigenvalue weighted by Gasteiger charge is -2.57. The zero-order chi connectivity index (χ0) is 23.8. The second-order valence-corrected chi connectivity index (χ2v) is 12.3. The van der Waals surface area contributed by atoms with Crippen molar-refractivity contribution in [2.45, 2.75) is 90.5 Å². The summed E-state index contributed by atoms with van der Waals surface area (Å²) in [5.74, 6) is 3.50. The van der Waals surface area contributed by atoms with Gasteiger partial charge in [-0.3, -0.25) is 9.48 Å². The van der Waals surface area contributed by atoms with Crippen LogP contribution in [0.1, 0.15) is 77.7 Å². The summed E-state index contributed by atoms with van der Waals surface area (Å²) in [5.41, 5.74) is -1.40. The fraction of sp³-hybridized carbons (Fsp3) is 0.846. The van der Waals surface area contributed by atoms with Crippen molar-refractivity contribution < 1.29 is 23.1 Å². The predicted molar refractivity (Wildman–Crippen MR) is 118 cm³/mol. The van der Waals surface area contributed by atoms with E-state index in [1.54, 1.807) is 0 Å². The van der Waals surface area contributed by atoms with Crippen molar-refractivity contribution in [1.29, 1.82) is 0 Å². The first-order valence-corrected chi connectivity index (χ1v) is 12.7. The Morgan fingerprint density at radius 3 is 2.58 bits per heavy atom. The minimum atomic E-state index is -4.44. The molecule has 5 rings (SSSR count). The van der Waals surface area contributed by atoms with Gasteiger partial charge in [-0.15, -0.1) is 0 Å². The third kappa shape index (κ3) is 3.96. The summed E-state index contributed by atoms with van der Waals surface area (Å²) in [5, 5.41) is 14.4. The van der Waals surface area contributed by atoms with Gasteiger partial charge in [-0.25, -0.2) is 0 Å². The lowest BCUT2D eigenvalue weighted by molar-refractivity contribution is -0.138. The molecule has 1 N–H and O–H groups in total. The van der Waals surface area contributed by atoms with E-state index in [0.717, 1.165) is 55.6 Å². The van der Waals surface area contributed by atoms with Crippen LogP contribution in [0.5, 0.6) is 0 Å². The smallest absolute Gasteiger partial charge is 0.390 e. The number of hydrogen-bond donors (Lipinski definition) is 1. The molecule has 0 aliphatic heterocycles. The largest absolute Gasteiger partial charge is 0.419 e. The van der Waals surface area contributed by atoms with Crippen molar-refractivity contribution in [1.82, 2.24) is 9.78 Å². The van der Waals surface area contributed by atoms with E-state index in [9.17, 15) is 23.1 Å². The number of Topliss-reactive ketones (excluding diaryl/α,β-unsaturated/α-hetero) is 1. The zero-order valence-electron chi connectivity index (χ0n) is 19.9. The number of nitrogens with zero attached hydrogens (tertiary/aromatic N) is 2. The van der Waals surface area contributed by atoms with Gasteiger partial charge < -0.3 is 5.11 Å². The summed E-state index contributed by atoms with van der Waals surface area (Å²) in [6.45, 7) is 6.47. The Morgan fingerprint density at radius 1 is 1.15 bits per heavy atom. The Hall–Kier alpha value is -1.37. The average molecular weight is 467 g/mol. The maximum atomic E-state index is 13.4. The molecule has 9 atom stereocenters. The molecular weight excluding hydrogens is 429 g/mol. The molecule has 1 aromatic rings. The van der Waals surface area contributed by atoms with Crippen LogP contribution in [0.3, 0.4) is 0 Å². The molecule has 0 aromatic carbocycles. The van der Waals surface area contributed by atoms with Crippen LogP contribution in [0.15, 0.2) is 12.4 Å². The molecule has 184 valence electrons. The first kappa shape index (κ1) is 23.4. The molecular formula is C26H37F3N2O2. The van der Waals surface area contributed by atoms with Crippen LogP contribution in [-0.2, 0) is 17.5 Å². The number of carbonyl (C=O) groups is 1. The first-order valence-electron chi connectivity index (χ1n) is 12.7. The topological polar surface area (TPSA) is 55.1 Å². The lowest BCUT2D eigenvalue weighted by atomic mass is 9.48. The summed E-state index contributed by atoms with van der Waals surface area (Å²) in [4.78, 5) is 13.4. The molecule has 4 aliphatic carbocycles. The Morgan fingerprint density at radius 2 is 1.88 bits per heavy atom. The molecule has 0 saturated heterocycles. The van der Waals surface area contributed by atoms with E-state index >= 15 is 0 Å². The zero-order valence-corrected chi connectivity index (χ0v) is 19.9. The lowest BCUT2D eigenvalue weighted by Crippen LogP contribution is -2.51. The molecule has 4 fully saturated rings. The van der Waals surface area contributed by atoms with Crippen LogP contribution in [-0.4, -0.2) is 26.3 Å². The van der Waals surface area contributed by atoms with E-state index in [2.05, 4.69) is 18.9 Å². The molecule has 1 heterocycles. The van der Waals surface area contributed by atoms with Gasteiger partial charge in [0.25, 0.3) is 0 Å². The highest BCUT2D eigenvalue weighted by molar-refractivity contribution is 5.82. The monoisotopic (exact) mass is 466 g/mol. The van der Waals surface area contributed by atoms with Crippen LogP contribution in [0.25, 0.3) is 0 Å². The van der Waals surface area contributed by atoms with Crippen LogP contribution in [0, 0.1) is 46.8 Å². The summed E-state index contributed by atoms with van der Waals surface area (Å²) in [6, 6.07) is 0. The minimum Gasteiger partial charge on any atom is -0.390 e. The Labute approximate surface area is 194 Å². The van der Waals surface area contributed by atoms with Gasteiger partial charge >= 0.3 is 6.18 Å². The fourth-order valence-corrected chi connectivity index (χ4v) is 8.99. The standard InChI is InChI=1S/C26H37F3N2O2/c1-15-10-21(22(32)14-31-13-17(12-30-31)26(27,28)29)25(3)9-7-19-18-6-8-24(2,33)11-16(18)4-5-20(19)23(15)25/h12-13,15-16,18-21,23,33H,4-11,14H2,1-3H3/t15-,16-,18+,19-,20?,21-,23+,24-,25-/m1/s1. The number of aromatic nitrogens is 2. The number of hydrogen-bond acceptors (Lipinski definition) is 3. The highest BCUT2D eigenvalue weighted by Gasteiger charge is 2.61. The number of rotatable bonds is 3. The minimum absolute atomic E-state index is 0.0320. The molecule has 1 unspecified atom stereocenters. The van der Waals surface area contributed by atoms with Gasteiger partial charge in [0.1, 0.15) is 0 Å². The molecule has 0 spiro atoms. The second kappa shape index (κ2) is 7.82. The number of carbonyl (C=O) groups excluding carboxylic acids is 1. The van der Waals surface area contributed by atoms with Crippen molar-refractivity contribution in [3.8, 4) is 0 Å². The van der Waals surface area contributed by atoms with Crippen LogP contribution in [0.2, 0.25) is 0 Å². The third-order valence-electron chi connectivity index (χ3n) is 10.2. The number of halogens is 3. The summed E-state index contributed by atoms with van der Waals surface area (Å²) in [7, 11) is 0. The van der Waals surface area contributed by atoms with Crippen molar-refractivity contribution in [2.24, 2.45) is 46.8 Å². The van der Waals surface area contributed by atoms with E-state index in [1.165, 1.54) is 12.8 Å². The third-order valence-corrected chi connectivity index (χ3v) is 10.2. The summed E-state index contributed by atoms with van der Waals surface area (Å²) >= 11 is 0. The van der Waals surface area contributed by atoms with E-state index in [0.29, 0.717) is 35.5 Å². The average Bonchev–Trinajstić information content (AvgIpc) is 3.29. The number of ketones is 1. The predicted octanol–water partition coefficient (Wildman–Crippen LogP) is 5.74. The van der Waals surface area contributed by atoms with Gasteiger partial charge in [0.05, 0.1) is 23.9 Å². The van der Waals surface area contributed by atoms with Crippen LogP contribution in [0.4, 0.5) is 13.2 Å². The maximum Gasteiger partial charge on any atom is 0.419 e. The van der Waals surface area contributed by atoms with Gasteiger partial charge in [-0.2, -0.15) is 18.3 Å². The Bertz CT molecular complexity index is 910. The van der Waals surface area contributed by atoms with Crippen molar-refractivity contribution in [3.05, 3.63) is 18.0 Å². The van der Waals surface area contributed by atoms with Crippen LogP contribution < -0.4 is 0 Å². The van der Waals surface area contributed by atoms with E-state index < -0.39 is 17.3 Å². The normalized spacial score (nSPS) is 45.2. The van der Waals surface area contributed by atoms with Gasteiger partial charge in [-0.1, -0.05) is 13.8 Å². The van der Waals surface area contributed by atoms with Gasteiger partial charge in [0.2, 0.25) is 0 Å². The van der Waals surface area contributed by atoms with Gasteiger partial charge in [-0.05, 0) is 99.2 Å². The highest BCUT2D eigenvalue weighted by Crippen LogP contribution is 2.66. The molecule has 4 nitrogen and oxygen atoms in total. The Kier molecular flexibility index (Phi) is 5.54. The maximum absolute atomic E-state index is 13.4. The number of fused-ring (bicyclic) bond motifs is 5.